The SMILES string of the molecule is N#CCc1ncc(-c2ccc(Cl)cc2Cl)cc1Cl. The fraction of sp³-hybridized carbons (Fsp3) is 0.0769. The molecular formula is C13H7Cl3N2. The Morgan fingerprint density at radius 1 is 1.11 bits per heavy atom. The Kier molecular flexibility index (Phi) is 4.08. The number of hydrogen-bond acceptors (Lipinski definition) is 2. The molecule has 0 amide bonds. The second-order valence-corrected chi connectivity index (χ2v) is 4.86. The fourth-order valence-electron chi connectivity index (χ4n) is 1.54. The topological polar surface area (TPSA) is 36.7 Å². The van der Waals surface area contributed by atoms with Gasteiger partial charge in [0.25, 0.3) is 0 Å². The van der Waals surface area contributed by atoms with Gasteiger partial charge in [0.15, 0.2) is 0 Å². The van der Waals surface area contributed by atoms with Crippen LogP contribution in [0.1, 0.15) is 5.69 Å². The minimum absolute atomic E-state index is 0.188. The summed E-state index contributed by atoms with van der Waals surface area (Å²) >= 11 is 18.0. The van der Waals surface area contributed by atoms with Crippen LogP contribution in [0.15, 0.2) is 30.5 Å². The van der Waals surface area contributed by atoms with Gasteiger partial charge in [-0.15, -0.1) is 0 Å². The van der Waals surface area contributed by atoms with E-state index < -0.39 is 0 Å². The highest BCUT2D eigenvalue weighted by molar-refractivity contribution is 6.36. The molecular weight excluding hydrogens is 291 g/mol. The predicted molar refractivity (Wildman–Crippen MR) is 74.0 cm³/mol. The molecule has 0 fully saturated rings. The number of nitriles is 1. The molecule has 0 radical (unpaired) electrons. The zero-order valence-corrected chi connectivity index (χ0v) is 11.4. The molecule has 0 N–H and O–H groups in total. The molecule has 0 saturated heterocycles. The molecule has 1 aromatic heterocycles. The van der Waals surface area contributed by atoms with E-state index in [-0.39, 0.29) is 6.42 Å². The van der Waals surface area contributed by atoms with E-state index in [9.17, 15) is 0 Å². The number of benzene rings is 1. The van der Waals surface area contributed by atoms with Crippen molar-refractivity contribution in [2.24, 2.45) is 0 Å². The lowest BCUT2D eigenvalue weighted by atomic mass is 10.1. The number of pyridine rings is 1. The third kappa shape index (κ3) is 2.76. The fourth-order valence-corrected chi connectivity index (χ4v) is 2.29. The van der Waals surface area contributed by atoms with Gasteiger partial charge in [0.2, 0.25) is 0 Å². The highest BCUT2D eigenvalue weighted by Crippen LogP contribution is 2.31. The molecule has 0 aliphatic heterocycles. The van der Waals surface area contributed by atoms with E-state index in [1.54, 1.807) is 24.4 Å². The first kappa shape index (κ1) is 13.2. The maximum absolute atomic E-state index is 8.62. The molecule has 2 nitrogen and oxygen atoms in total. The highest BCUT2D eigenvalue weighted by atomic mass is 35.5. The molecule has 0 aliphatic carbocycles. The Labute approximate surface area is 120 Å². The summed E-state index contributed by atoms with van der Waals surface area (Å²) in [6.07, 6.45) is 1.83. The van der Waals surface area contributed by atoms with E-state index in [1.807, 2.05) is 12.1 Å². The Balaban J connectivity index is 2.46. The molecule has 0 saturated carbocycles. The second kappa shape index (κ2) is 5.58. The van der Waals surface area contributed by atoms with Crippen molar-refractivity contribution < 1.29 is 0 Å². The Morgan fingerprint density at radius 3 is 2.50 bits per heavy atom. The second-order valence-electron chi connectivity index (χ2n) is 3.61. The van der Waals surface area contributed by atoms with Gasteiger partial charge in [-0.1, -0.05) is 40.9 Å². The van der Waals surface area contributed by atoms with Gasteiger partial charge in [-0.2, -0.15) is 5.26 Å². The van der Waals surface area contributed by atoms with Crippen molar-refractivity contribution in [1.29, 1.82) is 5.26 Å². The van der Waals surface area contributed by atoms with Crippen molar-refractivity contribution >= 4 is 34.8 Å². The van der Waals surface area contributed by atoms with Gasteiger partial charge >= 0.3 is 0 Å². The van der Waals surface area contributed by atoms with E-state index in [0.29, 0.717) is 20.8 Å². The van der Waals surface area contributed by atoms with Crippen LogP contribution in [0.2, 0.25) is 15.1 Å². The predicted octanol–water partition coefficient (Wildman–Crippen LogP) is 4.77. The lowest BCUT2D eigenvalue weighted by Gasteiger charge is -2.06. The van der Waals surface area contributed by atoms with Crippen molar-refractivity contribution in [1.82, 2.24) is 4.98 Å². The molecule has 1 heterocycles. The first-order valence-electron chi connectivity index (χ1n) is 5.08. The number of nitrogens with zero attached hydrogens (tertiary/aromatic N) is 2. The molecule has 2 aromatic rings. The van der Waals surface area contributed by atoms with Crippen LogP contribution in [-0.4, -0.2) is 4.98 Å². The zero-order chi connectivity index (χ0) is 13.1. The van der Waals surface area contributed by atoms with Crippen molar-refractivity contribution in [3.63, 3.8) is 0 Å². The van der Waals surface area contributed by atoms with Crippen LogP contribution in [0.3, 0.4) is 0 Å². The molecule has 2 rings (SSSR count). The first-order chi connectivity index (χ1) is 8.61. The van der Waals surface area contributed by atoms with Crippen molar-refractivity contribution in [2.75, 3.05) is 0 Å². The average molecular weight is 298 g/mol. The summed E-state index contributed by atoms with van der Waals surface area (Å²) in [7, 11) is 0. The average Bonchev–Trinajstić information content (AvgIpc) is 2.32. The van der Waals surface area contributed by atoms with Crippen molar-refractivity contribution in [2.45, 2.75) is 6.42 Å². The molecule has 0 aliphatic rings. The molecule has 18 heavy (non-hydrogen) atoms. The summed E-state index contributed by atoms with van der Waals surface area (Å²) < 4.78 is 0. The summed E-state index contributed by atoms with van der Waals surface area (Å²) in [5, 5.41) is 10.2. The van der Waals surface area contributed by atoms with Gasteiger partial charge in [0, 0.05) is 27.4 Å². The van der Waals surface area contributed by atoms with Gasteiger partial charge in [-0.25, -0.2) is 0 Å². The van der Waals surface area contributed by atoms with E-state index in [0.717, 1.165) is 11.1 Å². The van der Waals surface area contributed by atoms with Gasteiger partial charge in [0.05, 0.1) is 23.2 Å². The summed E-state index contributed by atoms with van der Waals surface area (Å²) in [4.78, 5) is 4.16. The number of halogens is 3. The molecule has 0 unspecified atom stereocenters. The standard InChI is InChI=1S/C13H7Cl3N2/c14-9-1-2-10(11(15)6-9)8-5-12(16)13(3-4-17)18-7-8/h1-2,5-7H,3H2. The van der Waals surface area contributed by atoms with Crippen molar-refractivity contribution in [3.8, 4) is 17.2 Å². The summed E-state index contributed by atoms with van der Waals surface area (Å²) in [6.45, 7) is 0. The van der Waals surface area contributed by atoms with E-state index >= 15 is 0 Å². The van der Waals surface area contributed by atoms with Crippen LogP contribution in [0.25, 0.3) is 11.1 Å². The number of aromatic nitrogens is 1. The van der Waals surface area contributed by atoms with E-state index in [1.165, 1.54) is 0 Å². The van der Waals surface area contributed by atoms with Crippen LogP contribution >= 0.6 is 34.8 Å². The minimum atomic E-state index is 0.188. The van der Waals surface area contributed by atoms with Gasteiger partial charge in [0.1, 0.15) is 0 Å². The maximum Gasteiger partial charge on any atom is 0.0789 e. The molecule has 1 aromatic carbocycles. The molecule has 5 heteroatoms. The van der Waals surface area contributed by atoms with Gasteiger partial charge in [-0.05, 0) is 18.2 Å². The molecule has 90 valence electrons. The van der Waals surface area contributed by atoms with Crippen LogP contribution in [0, 0.1) is 11.3 Å². The third-order valence-electron chi connectivity index (χ3n) is 2.41. The number of rotatable bonds is 2. The monoisotopic (exact) mass is 296 g/mol. The summed E-state index contributed by atoms with van der Waals surface area (Å²) in [6, 6.07) is 8.98. The van der Waals surface area contributed by atoms with Crippen molar-refractivity contribution in [3.05, 3.63) is 51.2 Å². The normalized spacial score (nSPS) is 10.1. The van der Waals surface area contributed by atoms with E-state index in [2.05, 4.69) is 4.98 Å². The zero-order valence-electron chi connectivity index (χ0n) is 9.12. The highest BCUT2D eigenvalue weighted by Gasteiger charge is 2.08. The Bertz CT molecular complexity index is 633. The van der Waals surface area contributed by atoms with Crippen LogP contribution in [-0.2, 0) is 6.42 Å². The quantitative estimate of drug-likeness (QED) is 0.800. The van der Waals surface area contributed by atoms with Gasteiger partial charge in [-0.3, -0.25) is 4.98 Å². The van der Waals surface area contributed by atoms with Crippen LogP contribution < -0.4 is 0 Å². The molecule has 0 spiro atoms. The lowest BCUT2D eigenvalue weighted by molar-refractivity contribution is 1.12. The minimum Gasteiger partial charge on any atom is -0.258 e. The van der Waals surface area contributed by atoms with Crippen LogP contribution in [0.4, 0.5) is 0 Å². The third-order valence-corrected chi connectivity index (χ3v) is 3.28. The van der Waals surface area contributed by atoms with Gasteiger partial charge < -0.3 is 0 Å². The van der Waals surface area contributed by atoms with Crippen LogP contribution in [0.5, 0.6) is 0 Å². The largest absolute Gasteiger partial charge is 0.258 e. The first-order valence-corrected chi connectivity index (χ1v) is 6.22. The lowest BCUT2D eigenvalue weighted by Crippen LogP contribution is -1.91. The number of hydrogen-bond donors (Lipinski definition) is 0. The Hall–Kier alpha value is -1.27. The van der Waals surface area contributed by atoms with E-state index in [4.69, 9.17) is 40.1 Å². The Morgan fingerprint density at radius 2 is 1.89 bits per heavy atom. The summed E-state index contributed by atoms with van der Waals surface area (Å²) in [5.74, 6) is 0. The maximum atomic E-state index is 8.62. The molecule has 0 bridgehead atoms. The smallest absolute Gasteiger partial charge is 0.0789 e. The summed E-state index contributed by atoms with van der Waals surface area (Å²) in [5.41, 5.74) is 2.16. The molecule has 0 atom stereocenters.